The number of amides is 1. The van der Waals surface area contributed by atoms with Crippen LogP contribution < -0.4 is 11.5 Å². The number of anilines is 1. The van der Waals surface area contributed by atoms with Crippen LogP contribution in [0.1, 0.15) is 17.3 Å². The highest BCUT2D eigenvalue weighted by Gasteiger charge is 2.16. The van der Waals surface area contributed by atoms with E-state index >= 15 is 0 Å². The van der Waals surface area contributed by atoms with E-state index < -0.39 is 17.8 Å². The number of fused-ring (bicyclic) bond motifs is 1. The Kier molecular flexibility index (Phi) is 3.12. The van der Waals surface area contributed by atoms with Crippen molar-refractivity contribution >= 4 is 28.9 Å². The number of aromatic nitrogens is 2. The van der Waals surface area contributed by atoms with Crippen molar-refractivity contribution in [3.8, 4) is 0 Å². The Morgan fingerprint density at radius 2 is 2.16 bits per heavy atom. The van der Waals surface area contributed by atoms with Gasteiger partial charge in [0, 0.05) is 12.1 Å². The average molecular weight is 262 g/mol. The summed E-state index contributed by atoms with van der Waals surface area (Å²) in [5.41, 5.74) is 12.5. The Hall–Kier alpha value is -2.57. The molecule has 1 amide bonds. The largest absolute Gasteiger partial charge is 0.481 e. The normalized spacial score (nSPS) is 12.5. The molecule has 1 heterocycles. The van der Waals surface area contributed by atoms with E-state index in [-0.39, 0.29) is 12.5 Å². The third kappa shape index (κ3) is 2.35. The van der Waals surface area contributed by atoms with Crippen molar-refractivity contribution in [3.63, 3.8) is 0 Å². The zero-order valence-electron chi connectivity index (χ0n) is 10.3. The average Bonchev–Trinajstić information content (AvgIpc) is 2.64. The minimum Gasteiger partial charge on any atom is -0.481 e. The quantitative estimate of drug-likeness (QED) is 0.737. The molecule has 0 aliphatic carbocycles. The molecule has 1 aromatic heterocycles. The van der Waals surface area contributed by atoms with Gasteiger partial charge >= 0.3 is 5.97 Å². The lowest BCUT2D eigenvalue weighted by Crippen LogP contribution is -2.18. The predicted molar refractivity (Wildman–Crippen MR) is 69.5 cm³/mol. The zero-order valence-corrected chi connectivity index (χ0v) is 10.3. The van der Waals surface area contributed by atoms with E-state index in [0.717, 1.165) is 0 Å². The number of benzene rings is 1. The van der Waals surface area contributed by atoms with Gasteiger partial charge in [0.1, 0.15) is 0 Å². The van der Waals surface area contributed by atoms with Crippen LogP contribution in [0.25, 0.3) is 11.0 Å². The number of carbonyl (C=O) groups is 2. The van der Waals surface area contributed by atoms with Gasteiger partial charge in [-0.2, -0.15) is 0 Å². The van der Waals surface area contributed by atoms with E-state index in [1.165, 1.54) is 6.07 Å². The number of carbonyl (C=O) groups excluding carboxylic acids is 1. The second-order valence-corrected chi connectivity index (χ2v) is 4.39. The first-order valence-corrected chi connectivity index (χ1v) is 5.68. The molecule has 0 saturated carbocycles. The number of rotatable bonds is 4. The summed E-state index contributed by atoms with van der Waals surface area (Å²) in [6.07, 6.45) is 0. The Bertz CT molecular complexity index is 662. The Morgan fingerprint density at radius 1 is 1.47 bits per heavy atom. The lowest BCUT2D eigenvalue weighted by atomic mass is 10.1. The third-order valence-corrected chi connectivity index (χ3v) is 2.94. The van der Waals surface area contributed by atoms with E-state index in [1.807, 2.05) is 0 Å². The Morgan fingerprint density at radius 3 is 2.74 bits per heavy atom. The van der Waals surface area contributed by atoms with Gasteiger partial charge in [0.2, 0.25) is 11.9 Å². The molecule has 100 valence electrons. The van der Waals surface area contributed by atoms with Crippen LogP contribution in [0.4, 0.5) is 5.95 Å². The molecule has 0 saturated heterocycles. The van der Waals surface area contributed by atoms with Crippen molar-refractivity contribution < 1.29 is 14.7 Å². The molecule has 0 spiro atoms. The lowest BCUT2D eigenvalue weighted by Gasteiger charge is -2.09. The van der Waals surface area contributed by atoms with Crippen LogP contribution in [-0.4, -0.2) is 26.5 Å². The number of nitrogen functional groups attached to an aromatic ring is 1. The summed E-state index contributed by atoms with van der Waals surface area (Å²) in [7, 11) is 0. The SMILES string of the molecule is CC(Cn1c(N)nc2cc(C(N)=O)ccc21)C(=O)O. The van der Waals surface area contributed by atoms with Gasteiger partial charge in [-0.3, -0.25) is 9.59 Å². The molecular weight excluding hydrogens is 248 g/mol. The fraction of sp³-hybridized carbons (Fsp3) is 0.250. The summed E-state index contributed by atoms with van der Waals surface area (Å²) >= 11 is 0. The van der Waals surface area contributed by atoms with E-state index in [4.69, 9.17) is 16.6 Å². The van der Waals surface area contributed by atoms with Crippen molar-refractivity contribution in [2.45, 2.75) is 13.5 Å². The molecule has 5 N–H and O–H groups in total. The zero-order chi connectivity index (χ0) is 14.2. The minimum atomic E-state index is -0.907. The van der Waals surface area contributed by atoms with E-state index in [1.54, 1.807) is 23.6 Å². The summed E-state index contributed by atoms with van der Waals surface area (Å²) in [4.78, 5) is 26.1. The number of carboxylic acids is 1. The van der Waals surface area contributed by atoms with Gasteiger partial charge < -0.3 is 21.1 Å². The van der Waals surface area contributed by atoms with Gasteiger partial charge in [0.05, 0.1) is 17.0 Å². The number of imidazole rings is 1. The number of primary amides is 1. The topological polar surface area (TPSA) is 124 Å². The van der Waals surface area contributed by atoms with Gasteiger partial charge in [0.15, 0.2) is 0 Å². The van der Waals surface area contributed by atoms with Crippen molar-refractivity contribution in [2.24, 2.45) is 11.7 Å². The maximum Gasteiger partial charge on any atom is 0.308 e. The maximum atomic E-state index is 11.1. The molecule has 1 atom stereocenters. The fourth-order valence-corrected chi connectivity index (χ4v) is 1.85. The highest BCUT2D eigenvalue weighted by Crippen LogP contribution is 2.20. The number of carboxylic acid groups (broad SMARTS) is 1. The van der Waals surface area contributed by atoms with Crippen LogP contribution in [0.15, 0.2) is 18.2 Å². The standard InChI is InChI=1S/C12H14N4O3/c1-6(11(18)19)5-16-9-3-2-7(10(13)17)4-8(9)15-12(16)14/h2-4,6H,5H2,1H3,(H2,13,17)(H2,14,15)(H,18,19). The molecular formula is C12H14N4O3. The molecule has 19 heavy (non-hydrogen) atoms. The monoisotopic (exact) mass is 262 g/mol. The molecule has 0 bridgehead atoms. The molecule has 0 fully saturated rings. The molecule has 0 aliphatic rings. The van der Waals surface area contributed by atoms with Gasteiger partial charge in [-0.05, 0) is 18.2 Å². The highest BCUT2D eigenvalue weighted by molar-refractivity contribution is 5.96. The van der Waals surface area contributed by atoms with Crippen LogP contribution >= 0.6 is 0 Å². The predicted octanol–water partition coefficient (Wildman–Crippen LogP) is 0.438. The Balaban J connectivity index is 2.48. The Labute approximate surface area is 108 Å². The first kappa shape index (κ1) is 12.9. The number of hydrogen-bond donors (Lipinski definition) is 3. The fourth-order valence-electron chi connectivity index (χ4n) is 1.85. The smallest absolute Gasteiger partial charge is 0.308 e. The van der Waals surface area contributed by atoms with Crippen LogP contribution in [0.2, 0.25) is 0 Å². The molecule has 7 heteroatoms. The molecule has 1 unspecified atom stereocenters. The maximum absolute atomic E-state index is 11.1. The summed E-state index contributed by atoms with van der Waals surface area (Å²) in [5, 5.41) is 8.92. The lowest BCUT2D eigenvalue weighted by molar-refractivity contribution is -0.141. The minimum absolute atomic E-state index is 0.213. The molecule has 0 radical (unpaired) electrons. The van der Waals surface area contributed by atoms with Gasteiger partial charge in [-0.15, -0.1) is 0 Å². The van der Waals surface area contributed by atoms with E-state index in [0.29, 0.717) is 16.6 Å². The molecule has 1 aromatic carbocycles. The van der Waals surface area contributed by atoms with E-state index in [9.17, 15) is 9.59 Å². The molecule has 0 aliphatic heterocycles. The van der Waals surface area contributed by atoms with Crippen LogP contribution in [0.5, 0.6) is 0 Å². The summed E-state index contributed by atoms with van der Waals surface area (Å²) in [6, 6.07) is 4.76. The van der Waals surface area contributed by atoms with Gasteiger partial charge in [-0.1, -0.05) is 6.92 Å². The van der Waals surface area contributed by atoms with Crippen LogP contribution in [0, 0.1) is 5.92 Å². The molecule has 2 aromatic rings. The second-order valence-electron chi connectivity index (χ2n) is 4.39. The number of aliphatic carboxylic acids is 1. The molecule has 2 rings (SSSR count). The van der Waals surface area contributed by atoms with Crippen molar-refractivity contribution in [3.05, 3.63) is 23.8 Å². The first-order chi connectivity index (χ1) is 8.90. The number of hydrogen-bond acceptors (Lipinski definition) is 4. The van der Waals surface area contributed by atoms with Gasteiger partial charge in [0.25, 0.3) is 0 Å². The number of nitrogens with zero attached hydrogens (tertiary/aromatic N) is 2. The summed E-state index contributed by atoms with van der Waals surface area (Å²) in [6.45, 7) is 1.80. The highest BCUT2D eigenvalue weighted by atomic mass is 16.4. The first-order valence-electron chi connectivity index (χ1n) is 5.68. The summed E-state index contributed by atoms with van der Waals surface area (Å²) < 4.78 is 1.61. The van der Waals surface area contributed by atoms with Crippen molar-refractivity contribution in [1.29, 1.82) is 0 Å². The van der Waals surface area contributed by atoms with Crippen molar-refractivity contribution in [2.75, 3.05) is 5.73 Å². The summed E-state index contributed by atoms with van der Waals surface area (Å²) in [5.74, 6) is -1.83. The molecule has 7 nitrogen and oxygen atoms in total. The third-order valence-electron chi connectivity index (χ3n) is 2.94. The van der Waals surface area contributed by atoms with Crippen LogP contribution in [0.3, 0.4) is 0 Å². The van der Waals surface area contributed by atoms with Gasteiger partial charge in [-0.25, -0.2) is 4.98 Å². The second kappa shape index (κ2) is 4.60. The van der Waals surface area contributed by atoms with Crippen molar-refractivity contribution in [1.82, 2.24) is 9.55 Å². The van der Waals surface area contributed by atoms with Crippen LogP contribution in [-0.2, 0) is 11.3 Å². The number of nitrogens with two attached hydrogens (primary N) is 2. The van der Waals surface area contributed by atoms with E-state index in [2.05, 4.69) is 4.98 Å².